The van der Waals surface area contributed by atoms with Crippen molar-refractivity contribution in [2.24, 2.45) is 5.92 Å². The van der Waals surface area contributed by atoms with Gasteiger partial charge in [-0.2, -0.15) is 13.2 Å². The van der Waals surface area contributed by atoms with Gasteiger partial charge in [0.2, 0.25) is 0 Å². The third kappa shape index (κ3) is 4.71. The molecule has 1 unspecified atom stereocenters. The van der Waals surface area contributed by atoms with E-state index in [9.17, 15) is 18.0 Å². The monoisotopic (exact) mass is 397 g/mol. The summed E-state index contributed by atoms with van der Waals surface area (Å²) in [4.78, 5) is 18.7. The topological polar surface area (TPSA) is 45.2 Å². The molecule has 3 rings (SSSR count). The molecule has 0 spiro atoms. The molecule has 0 saturated carbocycles. The van der Waals surface area contributed by atoms with Gasteiger partial charge in [0.15, 0.2) is 0 Å². The van der Waals surface area contributed by atoms with Crippen molar-refractivity contribution < 1.29 is 18.0 Å². The summed E-state index contributed by atoms with van der Waals surface area (Å²) in [5, 5.41) is 2.04. The molecule has 144 valence electrons. The molecule has 2 aromatic rings. The maximum atomic E-state index is 13.0. The Bertz CT molecular complexity index is 841. The smallest absolute Gasteiger partial charge is 0.371 e. The van der Waals surface area contributed by atoms with Crippen LogP contribution in [0.5, 0.6) is 0 Å². The molecule has 1 atom stereocenters. The average molecular weight is 398 g/mol. The van der Waals surface area contributed by atoms with E-state index in [-0.39, 0.29) is 11.4 Å². The van der Waals surface area contributed by atoms with Crippen LogP contribution in [-0.4, -0.2) is 24.0 Å². The Morgan fingerprint density at radius 3 is 2.78 bits per heavy atom. The summed E-state index contributed by atoms with van der Waals surface area (Å²) in [6.45, 7) is 3.98. The molecule has 2 heterocycles. The van der Waals surface area contributed by atoms with Crippen molar-refractivity contribution in [3.63, 3.8) is 0 Å². The lowest BCUT2D eigenvalue weighted by atomic mass is 10.00. The Labute approximate surface area is 160 Å². The molecular weight excluding hydrogens is 379 g/mol. The molecule has 1 saturated heterocycles. The summed E-state index contributed by atoms with van der Waals surface area (Å²) in [7, 11) is 0. The van der Waals surface area contributed by atoms with E-state index in [0.29, 0.717) is 5.92 Å². The van der Waals surface area contributed by atoms with E-state index in [1.54, 1.807) is 6.07 Å². The highest BCUT2D eigenvalue weighted by atomic mass is 35.5. The van der Waals surface area contributed by atoms with Crippen LogP contribution in [0.15, 0.2) is 36.5 Å². The maximum Gasteiger partial charge on any atom is 0.417 e. The number of alkyl halides is 3. The lowest BCUT2D eigenvalue weighted by Gasteiger charge is -2.32. The van der Waals surface area contributed by atoms with Crippen molar-refractivity contribution in [2.75, 3.05) is 23.3 Å². The molecule has 1 fully saturated rings. The van der Waals surface area contributed by atoms with E-state index in [1.807, 2.05) is 6.07 Å². The number of hydrogen-bond acceptors (Lipinski definition) is 3. The predicted molar refractivity (Wildman–Crippen MR) is 99.3 cm³/mol. The number of nitrogens with zero attached hydrogens (tertiary/aromatic N) is 2. The van der Waals surface area contributed by atoms with Crippen LogP contribution in [0, 0.1) is 5.92 Å². The maximum absolute atomic E-state index is 13.0. The van der Waals surface area contributed by atoms with Crippen LogP contribution in [-0.2, 0) is 6.18 Å². The first-order valence-electron chi connectivity index (χ1n) is 8.63. The third-order valence-corrected chi connectivity index (χ3v) is 4.86. The normalized spacial score (nSPS) is 17.7. The van der Waals surface area contributed by atoms with Crippen LogP contribution in [0.2, 0.25) is 5.02 Å². The standard InChI is InChI=1S/C19H19ClF3N3O/c1-12-3-2-8-26(11-12)14-6-7-24-17(10-14)18(27)25-13-4-5-16(20)15(9-13)19(21,22)23/h4-7,9-10,12H,2-3,8,11H2,1H3,(H,25,27). The Hall–Kier alpha value is -2.28. The van der Waals surface area contributed by atoms with Gasteiger partial charge in [0, 0.05) is 30.7 Å². The second-order valence-corrected chi connectivity index (χ2v) is 7.15. The Balaban J connectivity index is 1.78. The Morgan fingerprint density at radius 2 is 2.07 bits per heavy atom. The minimum atomic E-state index is -4.60. The van der Waals surface area contributed by atoms with Gasteiger partial charge in [-0.25, -0.2) is 0 Å². The van der Waals surface area contributed by atoms with Crippen molar-refractivity contribution in [2.45, 2.75) is 25.9 Å². The highest BCUT2D eigenvalue weighted by Crippen LogP contribution is 2.36. The van der Waals surface area contributed by atoms with E-state index < -0.39 is 22.7 Å². The van der Waals surface area contributed by atoms with E-state index in [2.05, 4.69) is 22.1 Å². The highest BCUT2D eigenvalue weighted by molar-refractivity contribution is 6.31. The molecule has 1 N–H and O–H groups in total. The molecular formula is C19H19ClF3N3O. The zero-order chi connectivity index (χ0) is 19.6. The number of carbonyl (C=O) groups is 1. The van der Waals surface area contributed by atoms with Gasteiger partial charge in [0.05, 0.1) is 10.6 Å². The largest absolute Gasteiger partial charge is 0.417 e. The van der Waals surface area contributed by atoms with E-state index >= 15 is 0 Å². The van der Waals surface area contributed by atoms with Crippen LogP contribution >= 0.6 is 11.6 Å². The van der Waals surface area contributed by atoms with Crippen LogP contribution in [0.1, 0.15) is 35.8 Å². The van der Waals surface area contributed by atoms with Gasteiger partial charge < -0.3 is 10.2 Å². The summed E-state index contributed by atoms with van der Waals surface area (Å²) in [6, 6.07) is 6.74. The second-order valence-electron chi connectivity index (χ2n) is 6.74. The summed E-state index contributed by atoms with van der Waals surface area (Å²) in [6.07, 6.45) is -0.809. The molecule has 0 bridgehead atoms. The Morgan fingerprint density at radius 1 is 1.30 bits per heavy atom. The summed E-state index contributed by atoms with van der Waals surface area (Å²) in [5.74, 6) is -0.00333. The van der Waals surface area contributed by atoms with Crippen molar-refractivity contribution >= 4 is 28.9 Å². The van der Waals surface area contributed by atoms with Crippen LogP contribution in [0.3, 0.4) is 0 Å². The molecule has 4 nitrogen and oxygen atoms in total. The number of halogens is 4. The highest BCUT2D eigenvalue weighted by Gasteiger charge is 2.33. The van der Waals surface area contributed by atoms with Crippen molar-refractivity contribution in [1.82, 2.24) is 4.98 Å². The fourth-order valence-electron chi connectivity index (χ4n) is 3.18. The number of aromatic nitrogens is 1. The summed E-state index contributed by atoms with van der Waals surface area (Å²) < 4.78 is 38.9. The zero-order valence-corrected chi connectivity index (χ0v) is 15.4. The lowest BCUT2D eigenvalue weighted by Crippen LogP contribution is -2.34. The molecule has 1 aliphatic heterocycles. The summed E-state index contributed by atoms with van der Waals surface area (Å²) >= 11 is 5.60. The number of piperidine rings is 1. The first kappa shape index (κ1) is 19.5. The Kier molecular flexibility index (Phi) is 5.60. The number of carbonyl (C=O) groups excluding carboxylic acids is 1. The molecule has 0 radical (unpaired) electrons. The van der Waals surface area contributed by atoms with Gasteiger partial charge in [-0.1, -0.05) is 18.5 Å². The van der Waals surface area contributed by atoms with E-state index in [4.69, 9.17) is 11.6 Å². The predicted octanol–water partition coefficient (Wildman–Crippen LogP) is 5.24. The van der Waals surface area contributed by atoms with Crippen LogP contribution in [0.4, 0.5) is 24.5 Å². The van der Waals surface area contributed by atoms with E-state index in [0.717, 1.165) is 37.3 Å². The second kappa shape index (κ2) is 7.76. The van der Waals surface area contributed by atoms with Gasteiger partial charge in [0.1, 0.15) is 5.69 Å². The number of amides is 1. The number of nitrogens with one attached hydrogen (secondary N) is 1. The molecule has 8 heteroatoms. The molecule has 1 aliphatic rings. The van der Waals surface area contributed by atoms with Gasteiger partial charge in [-0.05, 0) is 49.1 Å². The minimum Gasteiger partial charge on any atom is -0.371 e. The van der Waals surface area contributed by atoms with Gasteiger partial charge in [-0.15, -0.1) is 0 Å². The number of hydrogen-bond donors (Lipinski definition) is 1. The number of rotatable bonds is 3. The molecule has 27 heavy (non-hydrogen) atoms. The minimum absolute atomic E-state index is 0.00974. The first-order valence-corrected chi connectivity index (χ1v) is 9.01. The van der Waals surface area contributed by atoms with E-state index in [1.165, 1.54) is 18.7 Å². The lowest BCUT2D eigenvalue weighted by molar-refractivity contribution is -0.137. The molecule has 0 aliphatic carbocycles. The molecule has 1 aromatic heterocycles. The fourth-order valence-corrected chi connectivity index (χ4v) is 3.40. The summed E-state index contributed by atoms with van der Waals surface area (Å²) in [5.41, 5.74) is 0.0459. The quantitative estimate of drug-likeness (QED) is 0.770. The number of anilines is 2. The fraction of sp³-hybridized carbons (Fsp3) is 0.368. The van der Waals surface area contributed by atoms with Gasteiger partial charge >= 0.3 is 6.18 Å². The number of benzene rings is 1. The number of pyridine rings is 1. The van der Waals surface area contributed by atoms with Gasteiger partial charge in [0.25, 0.3) is 5.91 Å². The van der Waals surface area contributed by atoms with Crippen molar-refractivity contribution in [3.05, 3.63) is 52.8 Å². The molecule has 1 amide bonds. The van der Waals surface area contributed by atoms with Crippen LogP contribution in [0.25, 0.3) is 0 Å². The third-order valence-electron chi connectivity index (χ3n) is 4.53. The van der Waals surface area contributed by atoms with Crippen LogP contribution < -0.4 is 10.2 Å². The average Bonchev–Trinajstić information content (AvgIpc) is 2.62. The molecule has 1 aromatic carbocycles. The first-order chi connectivity index (χ1) is 12.7. The SMILES string of the molecule is CC1CCCN(c2ccnc(C(=O)Nc3ccc(Cl)c(C(F)(F)F)c3)c2)C1. The van der Waals surface area contributed by atoms with Crippen molar-refractivity contribution in [1.29, 1.82) is 0 Å². The van der Waals surface area contributed by atoms with Gasteiger partial charge in [-0.3, -0.25) is 9.78 Å². The zero-order valence-electron chi connectivity index (χ0n) is 14.7. The van der Waals surface area contributed by atoms with Crippen molar-refractivity contribution in [3.8, 4) is 0 Å².